The molecule has 0 saturated carbocycles. The Morgan fingerprint density at radius 1 is 1.03 bits per heavy atom. The van der Waals surface area contributed by atoms with Crippen molar-refractivity contribution in [2.75, 3.05) is 13.1 Å². The van der Waals surface area contributed by atoms with Gasteiger partial charge in [-0.1, -0.05) is 54.6 Å². The Hall–Kier alpha value is -3.45. The van der Waals surface area contributed by atoms with Crippen LogP contribution in [0.3, 0.4) is 0 Å². The number of carbonyl (C=O) groups is 2. The molecule has 2 amide bonds. The van der Waals surface area contributed by atoms with Crippen molar-refractivity contribution in [1.29, 1.82) is 0 Å². The van der Waals surface area contributed by atoms with Crippen molar-refractivity contribution in [3.8, 4) is 0 Å². The smallest absolute Gasteiger partial charge is 0.237 e. The minimum atomic E-state index is -0.432. The topological polar surface area (TPSA) is 79.3 Å². The highest BCUT2D eigenvalue weighted by molar-refractivity contribution is 5.88. The van der Waals surface area contributed by atoms with E-state index in [1.165, 1.54) is 16.7 Å². The lowest BCUT2D eigenvalue weighted by Gasteiger charge is -2.38. The molecule has 5 rings (SSSR count). The van der Waals surface area contributed by atoms with Crippen LogP contribution in [0.25, 0.3) is 0 Å². The van der Waals surface area contributed by atoms with Gasteiger partial charge in [0.15, 0.2) is 0 Å². The van der Waals surface area contributed by atoms with Crippen LogP contribution in [0.2, 0.25) is 0 Å². The van der Waals surface area contributed by atoms with Crippen molar-refractivity contribution < 1.29 is 9.59 Å². The number of amides is 2. The molecule has 2 aromatic carbocycles. The molecule has 1 saturated heterocycles. The molecule has 1 fully saturated rings. The zero-order valence-corrected chi connectivity index (χ0v) is 18.6. The molecular weight excluding hydrogens is 414 g/mol. The highest BCUT2D eigenvalue weighted by atomic mass is 16.2. The fourth-order valence-electron chi connectivity index (χ4n) is 4.95. The minimum absolute atomic E-state index is 0.0527. The molecule has 33 heavy (non-hydrogen) atoms. The van der Waals surface area contributed by atoms with Gasteiger partial charge in [0.25, 0.3) is 0 Å². The highest BCUT2D eigenvalue weighted by Gasteiger charge is 2.38. The van der Waals surface area contributed by atoms with Crippen molar-refractivity contribution in [2.24, 2.45) is 0 Å². The summed E-state index contributed by atoms with van der Waals surface area (Å²) in [6.45, 7) is 2.49. The summed E-state index contributed by atoms with van der Waals surface area (Å²) in [4.78, 5) is 27.7. The number of hydrogen-bond acceptors (Lipinski definition) is 4. The molecule has 0 spiro atoms. The first kappa shape index (κ1) is 21.4. The van der Waals surface area contributed by atoms with Gasteiger partial charge in [0.2, 0.25) is 11.8 Å². The maximum absolute atomic E-state index is 12.8. The lowest BCUT2D eigenvalue weighted by Crippen LogP contribution is -2.59. The maximum atomic E-state index is 12.8. The summed E-state index contributed by atoms with van der Waals surface area (Å²) in [5.41, 5.74) is 4.82. The van der Waals surface area contributed by atoms with E-state index in [0.717, 1.165) is 24.9 Å². The number of rotatable bonds is 7. The molecule has 7 nitrogen and oxygen atoms in total. The first-order valence-electron chi connectivity index (χ1n) is 11.6. The molecule has 2 N–H and O–H groups in total. The molecule has 1 aromatic heterocycles. The number of nitrogens with zero attached hydrogens (tertiary/aromatic N) is 3. The summed E-state index contributed by atoms with van der Waals surface area (Å²) in [5.74, 6) is -0.170. The lowest BCUT2D eigenvalue weighted by atomic mass is 10.0. The number of fused-ring (bicyclic) bond motifs is 1. The van der Waals surface area contributed by atoms with Crippen molar-refractivity contribution >= 4 is 11.8 Å². The average molecular weight is 444 g/mol. The standard InChI is InChI=1S/C26H29N5O2/c32-25(28-15-20-16-29-30(18-20)17-19-6-2-1-3-7-19)14-24-26(33)27-10-11-31(24)23-12-21-8-4-5-9-22(21)13-23/h1-9,16,18,23-24H,10-15,17H2,(H,27,33)(H,28,32)/t24-/m0/s1. The predicted molar refractivity (Wildman–Crippen MR) is 125 cm³/mol. The minimum Gasteiger partial charge on any atom is -0.353 e. The van der Waals surface area contributed by atoms with Gasteiger partial charge in [0, 0.05) is 37.4 Å². The van der Waals surface area contributed by atoms with Gasteiger partial charge >= 0.3 is 0 Å². The van der Waals surface area contributed by atoms with E-state index in [-0.39, 0.29) is 24.3 Å². The van der Waals surface area contributed by atoms with Crippen LogP contribution in [0.15, 0.2) is 67.0 Å². The molecule has 7 heteroatoms. The van der Waals surface area contributed by atoms with Gasteiger partial charge in [-0.15, -0.1) is 0 Å². The summed E-state index contributed by atoms with van der Waals surface area (Å²) in [7, 11) is 0. The fraction of sp³-hybridized carbons (Fsp3) is 0.346. The van der Waals surface area contributed by atoms with E-state index in [4.69, 9.17) is 0 Å². The second-order valence-corrected chi connectivity index (χ2v) is 8.89. The lowest BCUT2D eigenvalue weighted by molar-refractivity contribution is -0.135. The van der Waals surface area contributed by atoms with Crippen LogP contribution in [0, 0.1) is 0 Å². The number of aromatic nitrogens is 2. The third kappa shape index (κ3) is 4.98. The van der Waals surface area contributed by atoms with Crippen LogP contribution in [-0.2, 0) is 35.5 Å². The number of carbonyl (C=O) groups excluding carboxylic acids is 2. The number of hydrogen-bond donors (Lipinski definition) is 2. The molecule has 0 radical (unpaired) electrons. The summed E-state index contributed by atoms with van der Waals surface area (Å²) >= 11 is 0. The SMILES string of the molecule is O=C(C[C@H]1C(=O)NCCN1C1Cc2ccccc2C1)NCc1cnn(Cc2ccccc2)c1. The summed E-state index contributed by atoms with van der Waals surface area (Å²) in [6, 6.07) is 18.4. The Morgan fingerprint density at radius 2 is 1.76 bits per heavy atom. The van der Waals surface area contributed by atoms with E-state index in [9.17, 15) is 9.59 Å². The molecule has 1 aliphatic heterocycles. The second-order valence-electron chi connectivity index (χ2n) is 8.89. The molecule has 1 aliphatic carbocycles. The largest absolute Gasteiger partial charge is 0.353 e. The predicted octanol–water partition coefficient (Wildman–Crippen LogP) is 1.91. The van der Waals surface area contributed by atoms with Crippen molar-refractivity contribution in [2.45, 2.75) is 44.4 Å². The van der Waals surface area contributed by atoms with E-state index in [0.29, 0.717) is 19.6 Å². The normalized spacial score (nSPS) is 18.7. The summed E-state index contributed by atoms with van der Waals surface area (Å²) in [5, 5.41) is 10.3. The van der Waals surface area contributed by atoms with E-state index < -0.39 is 6.04 Å². The molecule has 2 aliphatic rings. The average Bonchev–Trinajstić information content (AvgIpc) is 3.46. The third-order valence-corrected chi connectivity index (χ3v) is 6.61. The molecule has 3 aromatic rings. The Balaban J connectivity index is 1.17. The van der Waals surface area contributed by atoms with E-state index in [1.54, 1.807) is 6.20 Å². The summed E-state index contributed by atoms with van der Waals surface area (Å²) < 4.78 is 1.87. The molecular formula is C26H29N5O2. The zero-order chi connectivity index (χ0) is 22.6. The van der Waals surface area contributed by atoms with Gasteiger partial charge in [0.1, 0.15) is 0 Å². The Kier molecular flexibility index (Phi) is 6.21. The third-order valence-electron chi connectivity index (χ3n) is 6.61. The molecule has 0 bridgehead atoms. The molecule has 1 atom stereocenters. The molecule has 170 valence electrons. The Morgan fingerprint density at radius 3 is 2.52 bits per heavy atom. The highest BCUT2D eigenvalue weighted by Crippen LogP contribution is 2.28. The van der Waals surface area contributed by atoms with Crippen molar-refractivity contribution in [1.82, 2.24) is 25.3 Å². The van der Waals surface area contributed by atoms with E-state index in [1.807, 2.05) is 29.1 Å². The fourth-order valence-corrected chi connectivity index (χ4v) is 4.95. The first-order chi connectivity index (χ1) is 16.2. The first-order valence-corrected chi connectivity index (χ1v) is 11.6. The van der Waals surface area contributed by atoms with Crippen LogP contribution in [0.1, 0.15) is 28.7 Å². The molecule has 2 heterocycles. The van der Waals surface area contributed by atoms with Crippen LogP contribution in [-0.4, -0.2) is 51.7 Å². The molecule has 0 unspecified atom stereocenters. The number of benzene rings is 2. The van der Waals surface area contributed by atoms with E-state index >= 15 is 0 Å². The van der Waals surface area contributed by atoms with Crippen molar-refractivity contribution in [3.05, 3.63) is 89.2 Å². The van der Waals surface area contributed by atoms with Crippen LogP contribution >= 0.6 is 0 Å². The van der Waals surface area contributed by atoms with Gasteiger partial charge in [-0.3, -0.25) is 19.2 Å². The van der Waals surface area contributed by atoms with Crippen LogP contribution < -0.4 is 10.6 Å². The van der Waals surface area contributed by atoms with Crippen molar-refractivity contribution in [3.63, 3.8) is 0 Å². The Bertz CT molecular complexity index is 1100. The van der Waals surface area contributed by atoms with Gasteiger partial charge in [-0.05, 0) is 29.5 Å². The summed E-state index contributed by atoms with van der Waals surface area (Å²) in [6.07, 6.45) is 5.75. The quantitative estimate of drug-likeness (QED) is 0.585. The van der Waals surface area contributed by atoms with Gasteiger partial charge < -0.3 is 10.6 Å². The van der Waals surface area contributed by atoms with Crippen LogP contribution in [0.4, 0.5) is 0 Å². The zero-order valence-electron chi connectivity index (χ0n) is 18.6. The van der Waals surface area contributed by atoms with Gasteiger partial charge in [0.05, 0.1) is 25.2 Å². The van der Waals surface area contributed by atoms with Gasteiger partial charge in [-0.2, -0.15) is 5.10 Å². The number of nitrogens with one attached hydrogen (secondary N) is 2. The maximum Gasteiger partial charge on any atom is 0.237 e. The number of piperazine rings is 1. The van der Waals surface area contributed by atoms with E-state index in [2.05, 4.69) is 57.0 Å². The Labute approximate surface area is 193 Å². The van der Waals surface area contributed by atoms with Crippen LogP contribution in [0.5, 0.6) is 0 Å². The monoisotopic (exact) mass is 443 g/mol. The van der Waals surface area contributed by atoms with Gasteiger partial charge in [-0.25, -0.2) is 0 Å². The second kappa shape index (κ2) is 9.58.